The van der Waals surface area contributed by atoms with Crippen LogP contribution in [0.15, 0.2) is 35.0 Å². The van der Waals surface area contributed by atoms with Crippen LogP contribution in [0.5, 0.6) is 11.6 Å². The lowest BCUT2D eigenvalue weighted by molar-refractivity contribution is 0.184. The monoisotopic (exact) mass is 448 g/mol. The lowest BCUT2D eigenvalue weighted by Gasteiger charge is -2.09. The summed E-state index contributed by atoms with van der Waals surface area (Å²) in [4.78, 5) is 4.69. The molecule has 0 N–H and O–H groups in total. The second kappa shape index (κ2) is 7.81. The molecule has 0 aliphatic carbocycles. The Labute approximate surface area is 187 Å². The van der Waals surface area contributed by atoms with Crippen molar-refractivity contribution in [3.05, 3.63) is 41.9 Å². The van der Waals surface area contributed by atoms with Crippen LogP contribution in [0, 0.1) is 6.92 Å². The van der Waals surface area contributed by atoms with Gasteiger partial charge in [-0.05, 0) is 25.5 Å². The first-order valence-electron chi connectivity index (χ1n) is 10.5. The third-order valence-corrected chi connectivity index (χ3v) is 5.48. The number of nitrogens with zero attached hydrogens (tertiary/aromatic N) is 8. The van der Waals surface area contributed by atoms with E-state index in [1.165, 1.54) is 0 Å². The maximum absolute atomic E-state index is 5.98. The van der Waals surface area contributed by atoms with Crippen molar-refractivity contribution >= 4 is 16.7 Å². The molecule has 12 heteroatoms. The van der Waals surface area contributed by atoms with E-state index in [-0.39, 0.29) is 18.5 Å². The lowest BCUT2D eigenvalue weighted by Crippen LogP contribution is -2.08. The van der Waals surface area contributed by atoms with E-state index in [1.807, 2.05) is 23.0 Å². The summed E-state index contributed by atoms with van der Waals surface area (Å²) in [6.45, 7) is 3.44. The highest BCUT2D eigenvalue weighted by atomic mass is 16.5. The first-order valence-corrected chi connectivity index (χ1v) is 10.5. The second-order valence-corrected chi connectivity index (χ2v) is 7.76. The Hall–Kier alpha value is -4.06. The van der Waals surface area contributed by atoms with Crippen LogP contribution in [0.4, 0.5) is 0 Å². The van der Waals surface area contributed by atoms with Crippen LogP contribution >= 0.6 is 0 Å². The van der Waals surface area contributed by atoms with Crippen molar-refractivity contribution in [1.29, 1.82) is 0 Å². The molecule has 1 fully saturated rings. The molecule has 6 heterocycles. The average Bonchev–Trinajstić information content (AvgIpc) is 3.62. The third-order valence-electron chi connectivity index (χ3n) is 5.48. The van der Waals surface area contributed by atoms with Gasteiger partial charge < -0.3 is 18.7 Å². The minimum atomic E-state index is 0.197. The molecule has 1 atom stereocenters. The van der Waals surface area contributed by atoms with Crippen LogP contribution in [0.1, 0.15) is 23.9 Å². The van der Waals surface area contributed by atoms with Crippen molar-refractivity contribution in [2.75, 3.05) is 20.3 Å². The summed E-state index contributed by atoms with van der Waals surface area (Å²) in [5.41, 5.74) is 3.41. The van der Waals surface area contributed by atoms with Gasteiger partial charge in [0.25, 0.3) is 5.88 Å². The molecule has 5 aromatic rings. The molecule has 6 rings (SSSR count). The Morgan fingerprint density at radius 3 is 2.88 bits per heavy atom. The van der Waals surface area contributed by atoms with Crippen molar-refractivity contribution in [3.8, 4) is 23.1 Å². The SMILES string of the molecule is COc1cc2nnc(-c3cc(C)on3)n2nc1OCc1ccc2nn(C3CCOC3)cc2n1. The Morgan fingerprint density at radius 1 is 1.15 bits per heavy atom. The number of hydrogen-bond acceptors (Lipinski definition) is 10. The fourth-order valence-corrected chi connectivity index (χ4v) is 3.79. The van der Waals surface area contributed by atoms with E-state index in [2.05, 4.69) is 30.5 Å². The van der Waals surface area contributed by atoms with Crippen molar-refractivity contribution < 1.29 is 18.7 Å². The van der Waals surface area contributed by atoms with E-state index in [0.717, 1.165) is 29.8 Å². The van der Waals surface area contributed by atoms with E-state index in [4.69, 9.17) is 18.7 Å². The van der Waals surface area contributed by atoms with Crippen LogP contribution in [0.3, 0.4) is 0 Å². The number of aromatic nitrogens is 8. The minimum absolute atomic E-state index is 0.197. The largest absolute Gasteiger partial charge is 0.491 e. The van der Waals surface area contributed by atoms with E-state index in [9.17, 15) is 0 Å². The van der Waals surface area contributed by atoms with Gasteiger partial charge in [0.15, 0.2) is 17.1 Å². The molecule has 0 aromatic carbocycles. The Balaban J connectivity index is 1.28. The molecule has 0 bridgehead atoms. The zero-order valence-corrected chi connectivity index (χ0v) is 18.0. The second-order valence-electron chi connectivity index (χ2n) is 7.76. The topological polar surface area (TPSA) is 128 Å². The number of methoxy groups -OCH3 is 1. The zero-order valence-electron chi connectivity index (χ0n) is 18.0. The van der Waals surface area contributed by atoms with Crippen LogP contribution in [-0.2, 0) is 11.3 Å². The highest BCUT2D eigenvalue weighted by molar-refractivity contribution is 5.73. The maximum Gasteiger partial charge on any atom is 0.275 e. The number of aryl methyl sites for hydroxylation is 1. The molecular formula is C21H20N8O4. The summed E-state index contributed by atoms with van der Waals surface area (Å²) in [5, 5.41) is 21.5. The number of fused-ring (bicyclic) bond motifs is 2. The number of ether oxygens (including phenoxy) is 3. The van der Waals surface area contributed by atoms with Gasteiger partial charge in [-0.3, -0.25) is 4.68 Å². The van der Waals surface area contributed by atoms with Gasteiger partial charge in [-0.2, -0.15) is 9.61 Å². The van der Waals surface area contributed by atoms with Gasteiger partial charge in [0.2, 0.25) is 5.82 Å². The fraction of sp³-hybridized carbons (Fsp3) is 0.333. The molecule has 168 valence electrons. The third kappa shape index (κ3) is 3.53. The van der Waals surface area contributed by atoms with Crippen LogP contribution in [-0.4, -0.2) is 60.1 Å². The van der Waals surface area contributed by atoms with Gasteiger partial charge in [0.1, 0.15) is 23.4 Å². The molecule has 1 aliphatic rings. The van der Waals surface area contributed by atoms with Gasteiger partial charge in [0, 0.05) is 18.7 Å². The molecule has 12 nitrogen and oxygen atoms in total. The summed E-state index contributed by atoms with van der Waals surface area (Å²) in [6.07, 6.45) is 2.91. The molecular weight excluding hydrogens is 428 g/mol. The summed E-state index contributed by atoms with van der Waals surface area (Å²) in [6, 6.07) is 7.55. The fourth-order valence-electron chi connectivity index (χ4n) is 3.79. The molecule has 0 radical (unpaired) electrons. The summed E-state index contributed by atoms with van der Waals surface area (Å²) in [7, 11) is 1.55. The Bertz CT molecular complexity index is 1450. The highest BCUT2D eigenvalue weighted by Crippen LogP contribution is 2.28. The first kappa shape index (κ1) is 19.6. The minimum Gasteiger partial charge on any atom is -0.491 e. The predicted molar refractivity (Wildman–Crippen MR) is 114 cm³/mol. The van der Waals surface area contributed by atoms with Crippen LogP contribution < -0.4 is 9.47 Å². The lowest BCUT2D eigenvalue weighted by atomic mass is 10.3. The molecule has 1 saturated heterocycles. The smallest absolute Gasteiger partial charge is 0.275 e. The van der Waals surface area contributed by atoms with E-state index < -0.39 is 0 Å². The van der Waals surface area contributed by atoms with Gasteiger partial charge in [-0.1, -0.05) is 5.16 Å². The predicted octanol–water partition coefficient (Wildman–Crippen LogP) is 2.38. The van der Waals surface area contributed by atoms with Gasteiger partial charge >= 0.3 is 0 Å². The van der Waals surface area contributed by atoms with Crippen molar-refractivity contribution in [2.45, 2.75) is 26.0 Å². The van der Waals surface area contributed by atoms with E-state index >= 15 is 0 Å². The van der Waals surface area contributed by atoms with Crippen molar-refractivity contribution in [3.63, 3.8) is 0 Å². The molecule has 0 spiro atoms. The van der Waals surface area contributed by atoms with E-state index in [1.54, 1.807) is 30.7 Å². The van der Waals surface area contributed by atoms with Crippen LogP contribution in [0.2, 0.25) is 0 Å². The summed E-state index contributed by atoms with van der Waals surface area (Å²) >= 11 is 0. The number of rotatable bonds is 6. The van der Waals surface area contributed by atoms with Gasteiger partial charge in [-0.15, -0.1) is 15.3 Å². The highest BCUT2D eigenvalue weighted by Gasteiger charge is 2.20. The van der Waals surface area contributed by atoms with E-state index in [0.29, 0.717) is 35.3 Å². The molecule has 1 unspecified atom stereocenters. The molecule has 0 saturated carbocycles. The Morgan fingerprint density at radius 2 is 2.09 bits per heavy atom. The quantitative estimate of drug-likeness (QED) is 0.382. The van der Waals surface area contributed by atoms with Crippen molar-refractivity contribution in [1.82, 2.24) is 39.7 Å². The van der Waals surface area contributed by atoms with Crippen molar-refractivity contribution in [2.24, 2.45) is 0 Å². The van der Waals surface area contributed by atoms with Crippen LogP contribution in [0.25, 0.3) is 28.2 Å². The number of pyridine rings is 1. The molecule has 5 aromatic heterocycles. The van der Waals surface area contributed by atoms with Gasteiger partial charge in [-0.25, -0.2) is 4.98 Å². The standard InChI is InChI=1S/C21H20N8O4/c1-12-7-16(27-33-12)20-24-23-19-8-18(30-2)21(26-29(19)20)32-10-13-3-4-15-17(22-13)9-28(25-15)14-5-6-31-11-14/h3-4,7-9,14H,5-6,10-11H2,1-2H3. The molecule has 1 aliphatic heterocycles. The average molecular weight is 448 g/mol. The van der Waals surface area contributed by atoms with Gasteiger partial charge in [0.05, 0.1) is 31.6 Å². The first-order chi connectivity index (χ1) is 16.2. The molecule has 0 amide bonds. The molecule has 33 heavy (non-hydrogen) atoms. The summed E-state index contributed by atoms with van der Waals surface area (Å²) < 4.78 is 25.5. The maximum atomic E-state index is 5.98. The summed E-state index contributed by atoms with van der Waals surface area (Å²) in [5.74, 6) is 1.83. The zero-order chi connectivity index (χ0) is 22.4. The normalized spacial score (nSPS) is 16.1. The Kier molecular flexibility index (Phi) is 4.64. The number of hydrogen-bond donors (Lipinski definition) is 0.